The third-order valence-electron chi connectivity index (χ3n) is 5.69. The van der Waals surface area contributed by atoms with E-state index in [1.165, 1.54) is 0 Å². The molecule has 0 spiro atoms. The maximum Gasteiger partial charge on any atom is 0.223 e. The van der Waals surface area contributed by atoms with Gasteiger partial charge in [-0.3, -0.25) is 9.59 Å². The number of nitrogens with zero attached hydrogens (tertiary/aromatic N) is 5. The summed E-state index contributed by atoms with van der Waals surface area (Å²) in [7, 11) is 0. The largest absolute Gasteiger partial charge is 0.343 e. The first-order valence-electron chi connectivity index (χ1n) is 10.2. The van der Waals surface area contributed by atoms with E-state index < -0.39 is 0 Å². The Balaban J connectivity index is 1.37. The van der Waals surface area contributed by atoms with Crippen LogP contribution in [0.4, 0.5) is 0 Å². The summed E-state index contributed by atoms with van der Waals surface area (Å²) in [4.78, 5) is 33.2. The number of fused-ring (bicyclic) bond motifs is 1. The van der Waals surface area contributed by atoms with E-state index >= 15 is 0 Å². The van der Waals surface area contributed by atoms with Gasteiger partial charge in [0.2, 0.25) is 11.8 Å². The lowest BCUT2D eigenvalue weighted by Gasteiger charge is -2.33. The quantitative estimate of drug-likeness (QED) is 0.798. The Bertz CT molecular complexity index is 848. The Morgan fingerprint density at radius 3 is 2.75 bits per heavy atom. The Kier molecular flexibility index (Phi) is 5.41. The van der Waals surface area contributed by atoms with Crippen LogP contribution < -0.4 is 0 Å². The molecule has 2 aliphatic heterocycles. The number of hydrogen-bond acceptors (Lipinski definition) is 4. The monoisotopic (exact) mass is 381 g/mol. The summed E-state index contributed by atoms with van der Waals surface area (Å²) in [6.07, 6.45) is 3.90. The molecule has 2 aliphatic rings. The Hall–Kier alpha value is -2.70. The van der Waals surface area contributed by atoms with E-state index in [9.17, 15) is 9.59 Å². The van der Waals surface area contributed by atoms with Gasteiger partial charge in [-0.25, -0.2) is 9.67 Å². The number of hydrogen-bond donors (Lipinski definition) is 0. The molecule has 7 nitrogen and oxygen atoms in total. The zero-order chi connectivity index (χ0) is 19.5. The van der Waals surface area contributed by atoms with Gasteiger partial charge in [0.25, 0.3) is 0 Å². The molecule has 4 rings (SSSR count). The average molecular weight is 381 g/mol. The molecule has 2 aromatic rings. The minimum atomic E-state index is -0.0946. The number of piperidine rings is 1. The lowest BCUT2D eigenvalue weighted by atomic mass is 10.1. The molecule has 1 atom stereocenters. The van der Waals surface area contributed by atoms with Crippen molar-refractivity contribution >= 4 is 11.8 Å². The van der Waals surface area contributed by atoms with Gasteiger partial charge in [-0.1, -0.05) is 30.3 Å². The highest BCUT2D eigenvalue weighted by atomic mass is 16.2. The van der Waals surface area contributed by atoms with Crippen LogP contribution in [0.3, 0.4) is 0 Å². The van der Waals surface area contributed by atoms with E-state index in [-0.39, 0.29) is 17.9 Å². The first-order valence-corrected chi connectivity index (χ1v) is 10.2. The molecule has 0 unspecified atom stereocenters. The topological polar surface area (TPSA) is 71.3 Å². The highest BCUT2D eigenvalue weighted by molar-refractivity contribution is 5.78. The fourth-order valence-electron chi connectivity index (χ4n) is 4.08. The summed E-state index contributed by atoms with van der Waals surface area (Å²) in [6, 6.07) is 9.82. The van der Waals surface area contributed by atoms with Crippen molar-refractivity contribution in [3.8, 4) is 11.4 Å². The molecular weight excluding hydrogens is 354 g/mol. The summed E-state index contributed by atoms with van der Waals surface area (Å²) >= 11 is 0. The lowest BCUT2D eigenvalue weighted by molar-refractivity contribution is -0.136. The maximum atomic E-state index is 12.8. The minimum Gasteiger partial charge on any atom is -0.343 e. The van der Waals surface area contributed by atoms with Crippen LogP contribution in [0.15, 0.2) is 30.3 Å². The molecule has 7 heteroatoms. The van der Waals surface area contributed by atoms with Crippen molar-refractivity contribution in [1.29, 1.82) is 0 Å². The van der Waals surface area contributed by atoms with E-state index in [2.05, 4.69) is 5.10 Å². The molecule has 0 radical (unpaired) electrons. The second-order valence-corrected chi connectivity index (χ2v) is 7.59. The van der Waals surface area contributed by atoms with Crippen molar-refractivity contribution in [2.75, 3.05) is 19.6 Å². The first-order chi connectivity index (χ1) is 13.6. The van der Waals surface area contributed by atoms with E-state index in [4.69, 9.17) is 4.98 Å². The van der Waals surface area contributed by atoms with Crippen LogP contribution >= 0.6 is 0 Å². The van der Waals surface area contributed by atoms with Crippen LogP contribution in [-0.2, 0) is 16.1 Å². The zero-order valence-corrected chi connectivity index (χ0v) is 16.4. The summed E-state index contributed by atoms with van der Waals surface area (Å²) in [6.45, 7) is 4.84. The molecule has 1 aromatic carbocycles. The van der Waals surface area contributed by atoms with E-state index in [1.807, 2.05) is 51.7 Å². The number of carbonyl (C=O) groups is 2. The summed E-state index contributed by atoms with van der Waals surface area (Å²) in [5.74, 6) is 1.91. The Morgan fingerprint density at radius 2 is 1.96 bits per heavy atom. The third-order valence-corrected chi connectivity index (χ3v) is 5.69. The third kappa shape index (κ3) is 3.79. The van der Waals surface area contributed by atoms with Crippen LogP contribution in [0.2, 0.25) is 0 Å². The number of likely N-dealkylation sites (tertiary alicyclic amines) is 1. The number of benzene rings is 1. The fourth-order valence-corrected chi connectivity index (χ4v) is 4.08. The van der Waals surface area contributed by atoms with E-state index in [1.54, 1.807) is 0 Å². The number of carbonyl (C=O) groups excluding carboxylic acids is 2. The highest BCUT2D eigenvalue weighted by Crippen LogP contribution is 2.27. The molecule has 148 valence electrons. The van der Waals surface area contributed by atoms with Gasteiger partial charge in [0.05, 0.1) is 12.6 Å². The van der Waals surface area contributed by atoms with Crippen molar-refractivity contribution in [2.45, 2.75) is 51.6 Å². The Morgan fingerprint density at radius 1 is 1.14 bits per heavy atom. The van der Waals surface area contributed by atoms with Gasteiger partial charge in [-0.2, -0.15) is 5.10 Å². The number of amides is 2. The molecule has 3 heterocycles. The van der Waals surface area contributed by atoms with Crippen molar-refractivity contribution in [1.82, 2.24) is 24.6 Å². The summed E-state index contributed by atoms with van der Waals surface area (Å²) in [5, 5.41) is 4.62. The highest BCUT2D eigenvalue weighted by Gasteiger charge is 2.30. The SMILES string of the molecule is C[C@H]1c2nc(-c3ccccc3)nn2CCN1C(=O)CCCN1CCCCC1=O. The van der Waals surface area contributed by atoms with Gasteiger partial charge in [0.1, 0.15) is 5.82 Å². The van der Waals surface area contributed by atoms with Gasteiger partial charge in [-0.15, -0.1) is 0 Å². The molecule has 28 heavy (non-hydrogen) atoms. The number of rotatable bonds is 5. The van der Waals surface area contributed by atoms with Crippen LogP contribution in [-0.4, -0.2) is 56.0 Å². The van der Waals surface area contributed by atoms with Gasteiger partial charge >= 0.3 is 0 Å². The number of aromatic nitrogens is 3. The van der Waals surface area contributed by atoms with Crippen LogP contribution in [0, 0.1) is 0 Å². The van der Waals surface area contributed by atoms with Gasteiger partial charge in [-0.05, 0) is 26.2 Å². The van der Waals surface area contributed by atoms with Crippen molar-refractivity contribution in [3.63, 3.8) is 0 Å². The molecular formula is C21H27N5O2. The predicted octanol–water partition coefficient (Wildman–Crippen LogP) is 2.64. The molecule has 0 N–H and O–H groups in total. The minimum absolute atomic E-state index is 0.0946. The second kappa shape index (κ2) is 8.12. The van der Waals surface area contributed by atoms with Crippen LogP contribution in [0.5, 0.6) is 0 Å². The molecule has 0 saturated carbocycles. The smallest absolute Gasteiger partial charge is 0.223 e. The van der Waals surface area contributed by atoms with Gasteiger partial charge in [0, 0.05) is 38.0 Å². The molecule has 0 aliphatic carbocycles. The first kappa shape index (κ1) is 18.7. The summed E-state index contributed by atoms with van der Waals surface area (Å²) < 4.78 is 1.92. The standard InChI is InChI=1S/C21H27N5O2/c1-16-21-22-20(17-8-3-2-4-9-17)23-26(21)15-14-25(16)19(28)11-7-13-24-12-6-5-10-18(24)27/h2-4,8-9,16H,5-7,10-15H2,1H3/t16-/m0/s1. The Labute approximate surface area is 165 Å². The normalized spacial score (nSPS) is 19.6. The molecule has 2 amide bonds. The van der Waals surface area contributed by atoms with Crippen LogP contribution in [0.25, 0.3) is 11.4 Å². The van der Waals surface area contributed by atoms with Gasteiger partial charge < -0.3 is 9.80 Å². The van der Waals surface area contributed by atoms with E-state index in [0.717, 1.165) is 37.2 Å². The van der Waals surface area contributed by atoms with Gasteiger partial charge in [0.15, 0.2) is 5.82 Å². The average Bonchev–Trinajstić information content (AvgIpc) is 3.16. The van der Waals surface area contributed by atoms with Crippen molar-refractivity contribution < 1.29 is 9.59 Å². The van der Waals surface area contributed by atoms with E-state index in [0.29, 0.717) is 38.3 Å². The molecule has 1 aromatic heterocycles. The molecule has 1 fully saturated rings. The van der Waals surface area contributed by atoms with Crippen LogP contribution in [0.1, 0.15) is 50.9 Å². The zero-order valence-electron chi connectivity index (χ0n) is 16.4. The lowest BCUT2D eigenvalue weighted by Crippen LogP contribution is -2.42. The second-order valence-electron chi connectivity index (χ2n) is 7.59. The molecule has 1 saturated heterocycles. The van der Waals surface area contributed by atoms with Crippen molar-refractivity contribution in [2.24, 2.45) is 0 Å². The fraction of sp³-hybridized carbons (Fsp3) is 0.524. The maximum absolute atomic E-state index is 12.8. The molecule has 0 bridgehead atoms. The summed E-state index contributed by atoms with van der Waals surface area (Å²) in [5.41, 5.74) is 0.987. The van der Waals surface area contributed by atoms with Crippen molar-refractivity contribution in [3.05, 3.63) is 36.2 Å². The predicted molar refractivity (Wildman–Crippen MR) is 105 cm³/mol.